The Bertz CT molecular complexity index is 723. The molecule has 1 aliphatic rings. The van der Waals surface area contributed by atoms with E-state index in [2.05, 4.69) is 25.7 Å². The van der Waals surface area contributed by atoms with Crippen molar-refractivity contribution in [2.24, 2.45) is 0 Å². The van der Waals surface area contributed by atoms with Gasteiger partial charge < -0.3 is 10.6 Å². The number of aromatic nitrogens is 2. The van der Waals surface area contributed by atoms with Gasteiger partial charge in [-0.1, -0.05) is 6.07 Å². The topological polar surface area (TPSA) is 73.1 Å². The third-order valence-electron chi connectivity index (χ3n) is 4.73. The third-order valence-corrected chi connectivity index (χ3v) is 4.73. The highest BCUT2D eigenvalue weighted by atomic mass is 19.1. The summed E-state index contributed by atoms with van der Waals surface area (Å²) in [6, 6.07) is 6.34. The quantitative estimate of drug-likeness (QED) is 0.741. The summed E-state index contributed by atoms with van der Waals surface area (Å²) < 4.78 is 13.6. The van der Waals surface area contributed by atoms with Crippen molar-refractivity contribution < 1.29 is 9.18 Å². The first-order chi connectivity index (χ1) is 12.5. The molecule has 1 amide bonds. The molecule has 7 heteroatoms. The van der Waals surface area contributed by atoms with Crippen LogP contribution < -0.4 is 10.6 Å². The Hall–Kier alpha value is -2.41. The highest BCUT2D eigenvalue weighted by Crippen LogP contribution is 2.29. The molecule has 1 aliphatic heterocycles. The van der Waals surface area contributed by atoms with Gasteiger partial charge in [0.2, 0.25) is 5.91 Å². The summed E-state index contributed by atoms with van der Waals surface area (Å²) >= 11 is 0. The Morgan fingerprint density at radius 3 is 2.77 bits per heavy atom. The fourth-order valence-electron chi connectivity index (χ4n) is 3.37. The molecule has 1 aromatic carbocycles. The van der Waals surface area contributed by atoms with Gasteiger partial charge in [0.1, 0.15) is 11.4 Å². The van der Waals surface area contributed by atoms with E-state index in [9.17, 15) is 9.18 Å². The van der Waals surface area contributed by atoms with Gasteiger partial charge in [0.25, 0.3) is 0 Å². The van der Waals surface area contributed by atoms with Crippen LogP contribution in [0.5, 0.6) is 0 Å². The van der Waals surface area contributed by atoms with Gasteiger partial charge >= 0.3 is 0 Å². The van der Waals surface area contributed by atoms with E-state index >= 15 is 0 Å². The molecular weight excluding hydrogens is 333 g/mol. The van der Waals surface area contributed by atoms with Crippen LogP contribution in [0.1, 0.15) is 32.3 Å². The number of amides is 1. The zero-order valence-electron chi connectivity index (χ0n) is 15.3. The molecule has 0 spiro atoms. The van der Waals surface area contributed by atoms with Gasteiger partial charge in [0.15, 0.2) is 0 Å². The SMILES string of the molecule is CC(C)NC(=O)C1(Nc2cccc(F)c2)CCN(Cc2cn[nH]c2)CC1. The van der Waals surface area contributed by atoms with E-state index in [1.54, 1.807) is 12.1 Å². The van der Waals surface area contributed by atoms with Crippen molar-refractivity contribution in [3.05, 3.63) is 48.0 Å². The summed E-state index contributed by atoms with van der Waals surface area (Å²) in [5.41, 5.74) is 1.03. The normalized spacial score (nSPS) is 17.2. The predicted molar refractivity (Wildman–Crippen MR) is 99.1 cm³/mol. The molecule has 0 aliphatic carbocycles. The number of benzene rings is 1. The molecule has 0 saturated carbocycles. The molecule has 2 heterocycles. The Morgan fingerprint density at radius 1 is 1.38 bits per heavy atom. The number of anilines is 1. The van der Waals surface area contributed by atoms with Gasteiger partial charge in [0.05, 0.1) is 6.20 Å². The fourth-order valence-corrected chi connectivity index (χ4v) is 3.37. The number of likely N-dealkylation sites (tertiary alicyclic amines) is 1. The first-order valence-corrected chi connectivity index (χ1v) is 9.02. The van der Waals surface area contributed by atoms with Gasteiger partial charge in [0, 0.05) is 43.1 Å². The molecule has 0 bridgehead atoms. The summed E-state index contributed by atoms with van der Waals surface area (Å²) in [6.45, 7) is 6.25. The number of carbonyl (C=O) groups excluding carboxylic acids is 1. The summed E-state index contributed by atoms with van der Waals surface area (Å²) in [5, 5.41) is 13.1. The van der Waals surface area contributed by atoms with Crippen LogP contribution in [-0.2, 0) is 11.3 Å². The molecule has 6 nitrogen and oxygen atoms in total. The van der Waals surface area contributed by atoms with E-state index in [0.717, 1.165) is 25.2 Å². The van der Waals surface area contributed by atoms with Crippen LogP contribution in [0, 0.1) is 5.82 Å². The van der Waals surface area contributed by atoms with Crippen molar-refractivity contribution in [2.75, 3.05) is 18.4 Å². The molecule has 3 rings (SSSR count). The molecule has 0 radical (unpaired) electrons. The second kappa shape index (κ2) is 7.86. The lowest BCUT2D eigenvalue weighted by molar-refractivity contribution is -0.127. The smallest absolute Gasteiger partial charge is 0.245 e. The molecule has 26 heavy (non-hydrogen) atoms. The molecule has 3 N–H and O–H groups in total. The number of piperidine rings is 1. The van der Waals surface area contributed by atoms with Crippen LogP contribution in [0.4, 0.5) is 10.1 Å². The number of hydrogen-bond donors (Lipinski definition) is 3. The lowest BCUT2D eigenvalue weighted by atomic mass is 9.85. The summed E-state index contributed by atoms with van der Waals surface area (Å²) in [6.07, 6.45) is 5.01. The largest absolute Gasteiger partial charge is 0.371 e. The second-order valence-electron chi connectivity index (χ2n) is 7.23. The van der Waals surface area contributed by atoms with Crippen LogP contribution in [-0.4, -0.2) is 45.7 Å². The Morgan fingerprint density at radius 2 is 2.15 bits per heavy atom. The van der Waals surface area contributed by atoms with Gasteiger partial charge in [-0.15, -0.1) is 0 Å². The minimum atomic E-state index is -0.731. The van der Waals surface area contributed by atoms with Gasteiger partial charge in [-0.05, 0) is 44.9 Å². The number of rotatable bonds is 6. The first-order valence-electron chi connectivity index (χ1n) is 9.02. The Balaban J connectivity index is 1.73. The molecule has 1 aromatic heterocycles. The van der Waals surface area contributed by atoms with Crippen molar-refractivity contribution in [1.82, 2.24) is 20.4 Å². The maximum atomic E-state index is 13.6. The van der Waals surface area contributed by atoms with E-state index in [4.69, 9.17) is 0 Å². The number of halogens is 1. The molecule has 1 saturated heterocycles. The maximum absolute atomic E-state index is 13.6. The second-order valence-corrected chi connectivity index (χ2v) is 7.23. The average Bonchev–Trinajstić information content (AvgIpc) is 3.09. The van der Waals surface area contributed by atoms with Crippen molar-refractivity contribution in [3.63, 3.8) is 0 Å². The van der Waals surface area contributed by atoms with E-state index < -0.39 is 5.54 Å². The predicted octanol–water partition coefficient (Wildman–Crippen LogP) is 2.52. The molecule has 1 fully saturated rings. The number of hydrogen-bond acceptors (Lipinski definition) is 4. The zero-order chi connectivity index (χ0) is 18.6. The van der Waals surface area contributed by atoms with E-state index in [0.29, 0.717) is 18.5 Å². The van der Waals surface area contributed by atoms with Crippen LogP contribution in [0.15, 0.2) is 36.7 Å². The number of nitrogens with one attached hydrogen (secondary N) is 3. The lowest BCUT2D eigenvalue weighted by Gasteiger charge is -2.42. The standard InChI is InChI=1S/C19H26FN5O/c1-14(2)23-18(26)19(24-17-5-3-4-16(20)10-17)6-8-25(9-7-19)13-15-11-21-22-12-15/h3-5,10-12,14,24H,6-9,13H2,1-2H3,(H,21,22)(H,23,26). The Kier molecular flexibility index (Phi) is 5.56. The average molecular weight is 359 g/mol. The van der Waals surface area contributed by atoms with Crippen LogP contribution >= 0.6 is 0 Å². The highest BCUT2D eigenvalue weighted by molar-refractivity contribution is 5.89. The molecule has 2 aromatic rings. The lowest BCUT2D eigenvalue weighted by Crippen LogP contribution is -2.59. The van der Waals surface area contributed by atoms with Crippen molar-refractivity contribution in [2.45, 2.75) is 44.8 Å². The number of aromatic amines is 1. The monoisotopic (exact) mass is 359 g/mol. The van der Waals surface area contributed by atoms with Crippen LogP contribution in [0.25, 0.3) is 0 Å². The van der Waals surface area contributed by atoms with Crippen LogP contribution in [0.3, 0.4) is 0 Å². The molecule has 0 atom stereocenters. The summed E-state index contributed by atoms with van der Waals surface area (Å²) in [5.74, 6) is -0.341. The third kappa shape index (κ3) is 4.40. The fraction of sp³-hybridized carbons (Fsp3) is 0.474. The van der Waals surface area contributed by atoms with Crippen molar-refractivity contribution >= 4 is 11.6 Å². The number of H-pyrrole nitrogens is 1. The van der Waals surface area contributed by atoms with Crippen LogP contribution in [0.2, 0.25) is 0 Å². The van der Waals surface area contributed by atoms with Crippen molar-refractivity contribution in [1.29, 1.82) is 0 Å². The van der Waals surface area contributed by atoms with E-state index in [1.807, 2.05) is 26.2 Å². The maximum Gasteiger partial charge on any atom is 0.245 e. The van der Waals surface area contributed by atoms with E-state index in [-0.39, 0.29) is 17.8 Å². The number of carbonyl (C=O) groups is 1. The minimum absolute atomic E-state index is 0.0280. The number of nitrogens with zero attached hydrogens (tertiary/aromatic N) is 2. The Labute approximate surface area is 153 Å². The summed E-state index contributed by atoms with van der Waals surface area (Å²) in [7, 11) is 0. The van der Waals surface area contributed by atoms with E-state index in [1.165, 1.54) is 12.1 Å². The molecule has 0 unspecified atom stereocenters. The summed E-state index contributed by atoms with van der Waals surface area (Å²) in [4.78, 5) is 15.2. The molecular formula is C19H26FN5O. The van der Waals surface area contributed by atoms with Gasteiger partial charge in [-0.25, -0.2) is 4.39 Å². The van der Waals surface area contributed by atoms with Gasteiger partial charge in [-0.2, -0.15) is 5.10 Å². The first kappa shape index (κ1) is 18.4. The molecule has 140 valence electrons. The minimum Gasteiger partial charge on any atom is -0.371 e. The zero-order valence-corrected chi connectivity index (χ0v) is 15.3. The van der Waals surface area contributed by atoms with Crippen molar-refractivity contribution in [3.8, 4) is 0 Å². The highest BCUT2D eigenvalue weighted by Gasteiger charge is 2.41. The van der Waals surface area contributed by atoms with Gasteiger partial charge in [-0.3, -0.25) is 14.8 Å².